The van der Waals surface area contributed by atoms with Gasteiger partial charge in [0.2, 0.25) is 0 Å². The number of ether oxygens (including phenoxy) is 2. The van der Waals surface area contributed by atoms with Crippen LogP contribution in [0.2, 0.25) is 0 Å². The van der Waals surface area contributed by atoms with E-state index >= 15 is 0 Å². The highest BCUT2D eigenvalue weighted by Crippen LogP contribution is 2.16. The molecule has 4 heteroatoms. The molecule has 0 aromatic heterocycles. The minimum atomic E-state index is -0.748. The highest BCUT2D eigenvalue weighted by atomic mass is 32.1. The first-order valence-corrected chi connectivity index (χ1v) is 4.70. The molecule has 0 aromatic rings. The van der Waals surface area contributed by atoms with Crippen molar-refractivity contribution >= 4 is 18.6 Å². The Labute approximate surface area is 85.2 Å². The van der Waals surface area contributed by atoms with E-state index in [1.807, 2.05) is 6.92 Å². The first-order valence-electron chi connectivity index (χ1n) is 4.25. The largest absolute Gasteiger partial charge is 0.459 e. The summed E-state index contributed by atoms with van der Waals surface area (Å²) < 4.78 is 9.40. The number of carbonyl (C=O) groups is 1. The van der Waals surface area contributed by atoms with Crippen LogP contribution < -0.4 is 0 Å². The molecule has 0 aromatic carbocycles. The van der Waals surface area contributed by atoms with E-state index in [1.165, 1.54) is 0 Å². The third-order valence-electron chi connectivity index (χ3n) is 1.83. The van der Waals surface area contributed by atoms with Crippen LogP contribution in [0.1, 0.15) is 27.7 Å². The first kappa shape index (κ1) is 12.8. The molecule has 0 aliphatic rings. The van der Waals surface area contributed by atoms with E-state index in [0.29, 0.717) is 0 Å². The summed E-state index contributed by atoms with van der Waals surface area (Å²) >= 11 is 4.11. The summed E-state index contributed by atoms with van der Waals surface area (Å²) in [4.78, 5) is 11.3. The number of rotatable bonds is 4. The molecule has 0 saturated carbocycles. The standard InChI is InChI=1S/C9H18O3S/c1-6(11-5)7(2)12-8(10)9(3,4)13/h6-7,13H,1-5H3. The molecule has 0 heterocycles. The lowest BCUT2D eigenvalue weighted by atomic mass is 10.2. The molecule has 0 N–H and O–H groups in total. The molecule has 0 rings (SSSR count). The molecule has 2 atom stereocenters. The van der Waals surface area contributed by atoms with Crippen molar-refractivity contribution in [2.45, 2.75) is 44.6 Å². The maximum absolute atomic E-state index is 11.3. The maximum atomic E-state index is 11.3. The average molecular weight is 206 g/mol. The molecule has 0 fully saturated rings. The smallest absolute Gasteiger partial charge is 0.321 e. The van der Waals surface area contributed by atoms with Gasteiger partial charge >= 0.3 is 5.97 Å². The fourth-order valence-electron chi connectivity index (χ4n) is 0.600. The molecule has 3 nitrogen and oxygen atoms in total. The van der Waals surface area contributed by atoms with Gasteiger partial charge in [-0.25, -0.2) is 0 Å². The van der Waals surface area contributed by atoms with Gasteiger partial charge in [0.05, 0.1) is 6.10 Å². The van der Waals surface area contributed by atoms with Crippen molar-refractivity contribution in [3.63, 3.8) is 0 Å². The highest BCUT2D eigenvalue weighted by molar-refractivity contribution is 7.82. The molecule has 0 saturated heterocycles. The second-order valence-corrected chi connectivity index (χ2v) is 4.73. The van der Waals surface area contributed by atoms with Crippen molar-refractivity contribution in [1.82, 2.24) is 0 Å². The Kier molecular flexibility index (Phi) is 4.78. The van der Waals surface area contributed by atoms with Crippen LogP contribution >= 0.6 is 12.6 Å². The molecular weight excluding hydrogens is 188 g/mol. The fraction of sp³-hybridized carbons (Fsp3) is 0.889. The number of carbonyl (C=O) groups excluding carboxylic acids is 1. The van der Waals surface area contributed by atoms with E-state index in [4.69, 9.17) is 9.47 Å². The Balaban J connectivity index is 4.07. The summed E-state index contributed by atoms with van der Waals surface area (Å²) in [6.45, 7) is 7.04. The van der Waals surface area contributed by atoms with Crippen LogP contribution in [0.3, 0.4) is 0 Å². The minimum absolute atomic E-state index is 0.0976. The highest BCUT2D eigenvalue weighted by Gasteiger charge is 2.27. The van der Waals surface area contributed by atoms with Crippen LogP contribution in [0, 0.1) is 0 Å². The molecular formula is C9H18O3S. The van der Waals surface area contributed by atoms with Gasteiger partial charge in [-0.15, -0.1) is 0 Å². The Morgan fingerprint density at radius 2 is 1.77 bits per heavy atom. The summed E-state index contributed by atoms with van der Waals surface area (Å²) in [6.07, 6.45) is -0.344. The summed E-state index contributed by atoms with van der Waals surface area (Å²) in [5.41, 5.74) is 0. The number of esters is 1. The van der Waals surface area contributed by atoms with Crippen molar-refractivity contribution in [2.24, 2.45) is 0 Å². The molecule has 2 unspecified atom stereocenters. The summed E-state index contributed by atoms with van der Waals surface area (Å²) in [5, 5.41) is 0. The van der Waals surface area contributed by atoms with Crippen LogP contribution in [0.25, 0.3) is 0 Å². The maximum Gasteiger partial charge on any atom is 0.321 e. The van der Waals surface area contributed by atoms with Gasteiger partial charge < -0.3 is 9.47 Å². The van der Waals surface area contributed by atoms with Gasteiger partial charge in [-0.2, -0.15) is 12.6 Å². The summed E-state index contributed by atoms with van der Waals surface area (Å²) in [7, 11) is 1.58. The molecule has 0 spiro atoms. The third-order valence-corrected chi connectivity index (χ3v) is 2.01. The van der Waals surface area contributed by atoms with Gasteiger partial charge in [-0.3, -0.25) is 4.79 Å². The van der Waals surface area contributed by atoms with Crippen LogP contribution in [0.5, 0.6) is 0 Å². The molecule has 0 radical (unpaired) electrons. The zero-order chi connectivity index (χ0) is 10.6. The van der Waals surface area contributed by atoms with Gasteiger partial charge in [-0.05, 0) is 27.7 Å². The Bertz CT molecular complexity index is 174. The second kappa shape index (κ2) is 4.86. The molecule has 0 aliphatic heterocycles. The molecule has 0 amide bonds. The van der Waals surface area contributed by atoms with E-state index in [-0.39, 0.29) is 18.2 Å². The van der Waals surface area contributed by atoms with Gasteiger partial charge in [0, 0.05) is 7.11 Å². The van der Waals surface area contributed by atoms with Gasteiger partial charge in [0.15, 0.2) is 0 Å². The number of methoxy groups -OCH3 is 1. The molecule has 0 bridgehead atoms. The zero-order valence-electron chi connectivity index (χ0n) is 8.83. The fourth-order valence-corrected chi connectivity index (χ4v) is 0.653. The van der Waals surface area contributed by atoms with Crippen molar-refractivity contribution < 1.29 is 14.3 Å². The molecule has 0 aliphatic carbocycles. The quantitative estimate of drug-likeness (QED) is 0.561. The topological polar surface area (TPSA) is 35.5 Å². The number of hydrogen-bond donors (Lipinski definition) is 1. The van der Waals surface area contributed by atoms with Crippen molar-refractivity contribution in [2.75, 3.05) is 7.11 Å². The van der Waals surface area contributed by atoms with E-state index in [1.54, 1.807) is 27.9 Å². The monoisotopic (exact) mass is 206 g/mol. The van der Waals surface area contributed by atoms with Crippen molar-refractivity contribution in [1.29, 1.82) is 0 Å². The summed E-state index contributed by atoms with van der Waals surface area (Å²) in [6, 6.07) is 0. The predicted octanol–water partition coefficient (Wildman–Crippen LogP) is 1.66. The van der Waals surface area contributed by atoms with Crippen molar-refractivity contribution in [3.05, 3.63) is 0 Å². The van der Waals surface area contributed by atoms with Crippen molar-refractivity contribution in [3.8, 4) is 0 Å². The number of hydrogen-bond acceptors (Lipinski definition) is 4. The van der Waals surface area contributed by atoms with Crippen LogP contribution in [-0.2, 0) is 14.3 Å². The van der Waals surface area contributed by atoms with Gasteiger partial charge in [-0.1, -0.05) is 0 Å². The minimum Gasteiger partial charge on any atom is -0.459 e. The van der Waals surface area contributed by atoms with E-state index in [2.05, 4.69) is 12.6 Å². The lowest BCUT2D eigenvalue weighted by molar-refractivity contribution is -0.156. The average Bonchev–Trinajstić information content (AvgIpc) is 2.01. The predicted molar refractivity (Wildman–Crippen MR) is 55.1 cm³/mol. The SMILES string of the molecule is COC(C)C(C)OC(=O)C(C)(C)S. The van der Waals surface area contributed by atoms with E-state index < -0.39 is 4.75 Å². The van der Waals surface area contributed by atoms with E-state index in [0.717, 1.165) is 0 Å². The Morgan fingerprint density at radius 3 is 2.08 bits per heavy atom. The molecule has 78 valence electrons. The normalized spacial score (nSPS) is 16.5. The number of thiol groups is 1. The Morgan fingerprint density at radius 1 is 1.31 bits per heavy atom. The zero-order valence-corrected chi connectivity index (χ0v) is 9.72. The third kappa shape index (κ3) is 4.52. The Hall–Kier alpha value is -0.220. The molecule has 13 heavy (non-hydrogen) atoms. The van der Waals surface area contributed by atoms with Crippen LogP contribution in [-0.4, -0.2) is 30.0 Å². The van der Waals surface area contributed by atoms with Gasteiger partial charge in [0.1, 0.15) is 10.9 Å². The lowest BCUT2D eigenvalue weighted by Crippen LogP contribution is -2.35. The lowest BCUT2D eigenvalue weighted by Gasteiger charge is -2.23. The second-order valence-electron chi connectivity index (χ2n) is 3.61. The first-order chi connectivity index (χ1) is 5.79. The van der Waals surface area contributed by atoms with E-state index in [9.17, 15) is 4.79 Å². The summed E-state index contributed by atoms with van der Waals surface area (Å²) in [5.74, 6) is -0.327. The van der Waals surface area contributed by atoms with Gasteiger partial charge in [0.25, 0.3) is 0 Å². The van der Waals surface area contributed by atoms with Crippen LogP contribution in [0.15, 0.2) is 0 Å². The van der Waals surface area contributed by atoms with Crippen LogP contribution in [0.4, 0.5) is 0 Å².